The lowest BCUT2D eigenvalue weighted by Gasteiger charge is -2.21. The Kier molecular flexibility index (Phi) is 6.77. The Morgan fingerprint density at radius 1 is 1.24 bits per heavy atom. The number of hydrogen-bond acceptors (Lipinski definition) is 3. The molecule has 1 rings (SSSR count). The maximum Gasteiger partial charge on any atom is 0.243 e. The zero-order valence-corrected chi connectivity index (χ0v) is 13.9. The van der Waals surface area contributed by atoms with E-state index in [0.29, 0.717) is 13.0 Å². The van der Waals surface area contributed by atoms with Gasteiger partial charge >= 0.3 is 0 Å². The van der Waals surface area contributed by atoms with Crippen molar-refractivity contribution in [2.24, 2.45) is 5.92 Å². The minimum atomic E-state index is -3.85. The fourth-order valence-electron chi connectivity index (χ4n) is 2.09. The van der Waals surface area contributed by atoms with E-state index in [-0.39, 0.29) is 16.9 Å². The normalized spacial score (nSPS) is 13.6. The van der Waals surface area contributed by atoms with Gasteiger partial charge in [0.25, 0.3) is 0 Å². The monoisotopic (exact) mass is 316 g/mol. The van der Waals surface area contributed by atoms with Crippen molar-refractivity contribution in [3.05, 3.63) is 29.6 Å². The van der Waals surface area contributed by atoms with Crippen molar-refractivity contribution in [3.8, 4) is 0 Å². The lowest BCUT2D eigenvalue weighted by atomic mass is 10.0. The molecule has 2 N–H and O–H groups in total. The van der Waals surface area contributed by atoms with E-state index in [1.807, 2.05) is 27.7 Å². The Hall–Kier alpha value is -0.980. The second-order valence-corrected chi connectivity index (χ2v) is 7.11. The minimum Gasteiger partial charge on any atom is -0.313 e. The second-order valence-electron chi connectivity index (χ2n) is 5.43. The molecule has 0 aliphatic rings. The quantitative estimate of drug-likeness (QED) is 0.775. The van der Waals surface area contributed by atoms with Crippen LogP contribution in [-0.2, 0) is 16.6 Å². The summed E-state index contributed by atoms with van der Waals surface area (Å²) in [5.74, 6) is -0.570. The smallest absolute Gasteiger partial charge is 0.243 e. The van der Waals surface area contributed by atoms with Gasteiger partial charge in [-0.2, -0.15) is 0 Å². The highest BCUT2D eigenvalue weighted by Gasteiger charge is 2.24. The average Bonchev–Trinajstić information content (AvgIpc) is 2.43. The summed E-state index contributed by atoms with van der Waals surface area (Å²) >= 11 is 0. The summed E-state index contributed by atoms with van der Waals surface area (Å²) in [6.07, 6.45) is 0.662. The van der Waals surface area contributed by atoms with Crippen LogP contribution in [0.3, 0.4) is 0 Å². The molecule has 0 radical (unpaired) electrons. The van der Waals surface area contributed by atoms with Gasteiger partial charge in [-0.1, -0.05) is 33.8 Å². The topological polar surface area (TPSA) is 58.2 Å². The van der Waals surface area contributed by atoms with Gasteiger partial charge in [0.15, 0.2) is 0 Å². The van der Waals surface area contributed by atoms with Crippen LogP contribution in [0.5, 0.6) is 0 Å². The van der Waals surface area contributed by atoms with Crippen LogP contribution in [0.1, 0.15) is 39.7 Å². The van der Waals surface area contributed by atoms with Gasteiger partial charge in [-0.15, -0.1) is 0 Å². The van der Waals surface area contributed by atoms with Gasteiger partial charge in [0.1, 0.15) is 10.7 Å². The van der Waals surface area contributed by atoms with Gasteiger partial charge in [-0.25, -0.2) is 17.5 Å². The predicted octanol–water partition coefficient (Wildman–Crippen LogP) is 2.65. The summed E-state index contributed by atoms with van der Waals surface area (Å²) in [7, 11) is -3.85. The fourth-order valence-corrected chi connectivity index (χ4v) is 3.68. The zero-order chi connectivity index (χ0) is 16.0. The molecule has 0 spiro atoms. The van der Waals surface area contributed by atoms with E-state index in [4.69, 9.17) is 0 Å². The summed E-state index contributed by atoms with van der Waals surface area (Å²) in [5.41, 5.74) is 0.747. The third-order valence-corrected chi connectivity index (χ3v) is 4.92. The number of rotatable bonds is 8. The summed E-state index contributed by atoms with van der Waals surface area (Å²) in [4.78, 5) is -0.281. The van der Waals surface area contributed by atoms with Crippen molar-refractivity contribution in [3.63, 3.8) is 0 Å². The molecule has 1 aromatic rings. The molecule has 1 aromatic carbocycles. The van der Waals surface area contributed by atoms with Gasteiger partial charge in [-0.05, 0) is 36.6 Å². The lowest BCUT2D eigenvalue weighted by Crippen LogP contribution is -2.38. The van der Waals surface area contributed by atoms with E-state index in [1.54, 1.807) is 6.07 Å². The largest absolute Gasteiger partial charge is 0.313 e. The molecular weight excluding hydrogens is 291 g/mol. The molecule has 1 atom stereocenters. The van der Waals surface area contributed by atoms with Crippen LogP contribution in [0.25, 0.3) is 0 Å². The molecule has 0 aliphatic carbocycles. The van der Waals surface area contributed by atoms with E-state index in [2.05, 4.69) is 10.0 Å². The van der Waals surface area contributed by atoms with E-state index >= 15 is 0 Å². The van der Waals surface area contributed by atoms with E-state index in [1.165, 1.54) is 12.1 Å². The fraction of sp³-hybridized carbons (Fsp3) is 0.600. The Morgan fingerprint density at radius 3 is 2.43 bits per heavy atom. The number of benzene rings is 1. The molecular formula is C15H25FN2O2S. The van der Waals surface area contributed by atoms with Crippen molar-refractivity contribution in [1.29, 1.82) is 0 Å². The van der Waals surface area contributed by atoms with Crippen LogP contribution in [-0.4, -0.2) is 21.0 Å². The maximum atomic E-state index is 13.9. The molecule has 0 bridgehead atoms. The van der Waals surface area contributed by atoms with Crippen LogP contribution in [0.2, 0.25) is 0 Å². The Bertz CT molecular complexity index is 559. The Balaban J connectivity index is 3.06. The molecule has 0 fully saturated rings. The molecule has 0 heterocycles. The van der Waals surface area contributed by atoms with Gasteiger partial charge in [0.05, 0.1) is 0 Å². The highest BCUT2D eigenvalue weighted by molar-refractivity contribution is 7.89. The first kappa shape index (κ1) is 18.1. The molecule has 6 heteroatoms. The van der Waals surface area contributed by atoms with Crippen LogP contribution in [0, 0.1) is 11.7 Å². The first-order valence-corrected chi connectivity index (χ1v) is 8.81. The van der Waals surface area contributed by atoms with Gasteiger partial charge in [-0.3, -0.25) is 0 Å². The molecule has 0 saturated heterocycles. The van der Waals surface area contributed by atoms with Crippen molar-refractivity contribution >= 4 is 10.0 Å². The molecule has 4 nitrogen and oxygen atoms in total. The van der Waals surface area contributed by atoms with Gasteiger partial charge in [0.2, 0.25) is 10.0 Å². The van der Waals surface area contributed by atoms with Crippen LogP contribution in [0.15, 0.2) is 23.1 Å². The minimum absolute atomic E-state index is 0.151. The van der Waals surface area contributed by atoms with E-state index in [0.717, 1.165) is 12.1 Å². The zero-order valence-electron chi connectivity index (χ0n) is 13.1. The SMILES string of the molecule is CCNCc1ccc(F)c(S(=O)(=O)NC(CC)C(C)C)c1. The highest BCUT2D eigenvalue weighted by Crippen LogP contribution is 2.18. The molecule has 21 heavy (non-hydrogen) atoms. The van der Waals surface area contributed by atoms with Crippen molar-refractivity contribution in [2.45, 2.75) is 51.6 Å². The molecule has 0 saturated carbocycles. The number of halogens is 1. The number of sulfonamides is 1. The van der Waals surface area contributed by atoms with E-state index < -0.39 is 15.8 Å². The molecule has 0 amide bonds. The van der Waals surface area contributed by atoms with E-state index in [9.17, 15) is 12.8 Å². The summed E-state index contributed by atoms with van der Waals surface area (Å²) in [6.45, 7) is 9.02. The molecule has 0 aliphatic heterocycles. The van der Waals surface area contributed by atoms with Crippen molar-refractivity contribution < 1.29 is 12.8 Å². The molecule has 120 valence electrons. The third-order valence-electron chi connectivity index (χ3n) is 3.42. The van der Waals surface area contributed by atoms with Gasteiger partial charge in [0, 0.05) is 12.6 Å². The van der Waals surface area contributed by atoms with Crippen LogP contribution in [0.4, 0.5) is 4.39 Å². The van der Waals surface area contributed by atoms with Crippen molar-refractivity contribution in [1.82, 2.24) is 10.0 Å². The average molecular weight is 316 g/mol. The Morgan fingerprint density at radius 2 is 1.90 bits per heavy atom. The predicted molar refractivity (Wildman–Crippen MR) is 83.0 cm³/mol. The summed E-state index contributed by atoms with van der Waals surface area (Å²) < 4.78 is 41.3. The summed E-state index contributed by atoms with van der Waals surface area (Å²) in [6, 6.07) is 3.99. The lowest BCUT2D eigenvalue weighted by molar-refractivity contribution is 0.435. The molecule has 0 aromatic heterocycles. The van der Waals surface area contributed by atoms with Crippen LogP contribution < -0.4 is 10.0 Å². The third kappa shape index (κ3) is 5.05. The number of hydrogen-bond donors (Lipinski definition) is 2. The maximum absolute atomic E-state index is 13.9. The standard InChI is InChI=1S/C15H25FN2O2S/c1-5-14(11(3)4)18-21(19,20)15-9-12(10-17-6-2)7-8-13(15)16/h7-9,11,14,17-18H,5-6,10H2,1-4H3. The first-order valence-electron chi connectivity index (χ1n) is 7.33. The van der Waals surface area contributed by atoms with Crippen LogP contribution >= 0.6 is 0 Å². The number of nitrogens with one attached hydrogen (secondary N) is 2. The van der Waals surface area contributed by atoms with Crippen molar-refractivity contribution in [2.75, 3.05) is 6.54 Å². The highest BCUT2D eigenvalue weighted by atomic mass is 32.2. The van der Waals surface area contributed by atoms with Gasteiger partial charge < -0.3 is 5.32 Å². The summed E-state index contributed by atoms with van der Waals surface area (Å²) in [5, 5.41) is 3.10. The molecule has 1 unspecified atom stereocenters. The first-order chi connectivity index (χ1) is 9.81. The second kappa shape index (κ2) is 7.87. The Labute approximate surface area is 127 Å².